The van der Waals surface area contributed by atoms with Crippen LogP contribution in [0.5, 0.6) is 0 Å². The molecule has 4 heteroatoms. The van der Waals surface area contributed by atoms with Crippen molar-refractivity contribution >= 4 is 0 Å². The van der Waals surface area contributed by atoms with Crippen LogP contribution in [0.4, 0.5) is 0 Å². The molecule has 6 aliphatic rings. The zero-order valence-electron chi connectivity index (χ0n) is 23.1. The predicted molar refractivity (Wildman–Crippen MR) is 142 cm³/mol. The fourth-order valence-corrected chi connectivity index (χ4v) is 9.79. The molecule has 1 N–H and O–H groups in total. The van der Waals surface area contributed by atoms with Crippen LogP contribution >= 0.6 is 0 Å². The maximum absolute atomic E-state index is 10.3. The van der Waals surface area contributed by atoms with E-state index in [1.165, 1.54) is 70.9 Å². The van der Waals surface area contributed by atoms with Crippen molar-refractivity contribution in [3.05, 3.63) is 22.8 Å². The summed E-state index contributed by atoms with van der Waals surface area (Å²) in [6.07, 6.45) is 14.7. The fourth-order valence-electron chi connectivity index (χ4n) is 9.79. The van der Waals surface area contributed by atoms with Gasteiger partial charge in [0, 0.05) is 25.7 Å². The number of aliphatic hydroxyl groups excluding tert-OH is 1. The lowest BCUT2D eigenvalue weighted by molar-refractivity contribution is -0.0739. The topological polar surface area (TPSA) is 35.9 Å². The molecule has 2 saturated carbocycles. The van der Waals surface area contributed by atoms with E-state index in [0.29, 0.717) is 17.6 Å². The molecule has 4 nitrogen and oxygen atoms in total. The van der Waals surface area contributed by atoms with Gasteiger partial charge in [-0.3, -0.25) is 4.90 Å². The monoisotopic (exact) mass is 482 g/mol. The van der Waals surface area contributed by atoms with Gasteiger partial charge in [-0.05, 0) is 114 Å². The maximum Gasteiger partial charge on any atom is 0.0742 e. The van der Waals surface area contributed by atoms with Gasteiger partial charge in [0.15, 0.2) is 0 Å². The number of ether oxygens (including phenoxy) is 1. The van der Waals surface area contributed by atoms with E-state index in [9.17, 15) is 5.11 Å². The molecule has 0 aromatic heterocycles. The highest BCUT2D eigenvalue weighted by Crippen LogP contribution is 2.64. The zero-order chi connectivity index (χ0) is 24.5. The number of allylic oxidation sites excluding steroid dienone is 2. The van der Waals surface area contributed by atoms with Crippen LogP contribution in [0.1, 0.15) is 85.0 Å². The summed E-state index contributed by atoms with van der Waals surface area (Å²) in [5, 5.41) is 10.3. The molecule has 2 heterocycles. The van der Waals surface area contributed by atoms with Crippen molar-refractivity contribution in [2.24, 2.45) is 29.1 Å². The summed E-state index contributed by atoms with van der Waals surface area (Å²) in [5.41, 5.74) is 5.48. The number of aliphatic hydroxyl groups is 1. The number of hydrogen-bond acceptors (Lipinski definition) is 4. The van der Waals surface area contributed by atoms with Crippen LogP contribution in [0.25, 0.3) is 0 Å². The summed E-state index contributed by atoms with van der Waals surface area (Å²) in [5.74, 6) is 3.14. The van der Waals surface area contributed by atoms with Gasteiger partial charge in [-0.2, -0.15) is 0 Å². The van der Waals surface area contributed by atoms with Crippen LogP contribution in [0.2, 0.25) is 0 Å². The van der Waals surface area contributed by atoms with Crippen LogP contribution < -0.4 is 0 Å². The molecule has 0 unspecified atom stereocenters. The minimum Gasteiger partial charge on any atom is -0.389 e. The lowest BCUT2D eigenvalue weighted by atomic mass is 9.56. The predicted octanol–water partition coefficient (Wildman–Crippen LogP) is 5.42. The van der Waals surface area contributed by atoms with Gasteiger partial charge in [-0.25, -0.2) is 0 Å². The Morgan fingerprint density at radius 3 is 2.83 bits per heavy atom. The van der Waals surface area contributed by atoms with Crippen LogP contribution in [0, 0.1) is 29.1 Å². The number of piperidine rings is 1. The summed E-state index contributed by atoms with van der Waals surface area (Å²) in [4.78, 5) is 5.11. The van der Waals surface area contributed by atoms with Crippen molar-refractivity contribution in [2.75, 3.05) is 33.7 Å². The molecule has 2 aliphatic heterocycles. The van der Waals surface area contributed by atoms with Gasteiger partial charge in [0.1, 0.15) is 0 Å². The first-order valence-corrected chi connectivity index (χ1v) is 14.8. The Morgan fingerprint density at radius 1 is 1.20 bits per heavy atom. The van der Waals surface area contributed by atoms with Crippen molar-refractivity contribution in [3.8, 4) is 0 Å². The van der Waals surface area contributed by atoms with Crippen LogP contribution in [-0.4, -0.2) is 72.5 Å². The molecule has 0 amide bonds. The van der Waals surface area contributed by atoms with E-state index in [-0.39, 0.29) is 11.7 Å². The van der Waals surface area contributed by atoms with Gasteiger partial charge in [0.25, 0.3) is 0 Å². The highest BCUT2D eigenvalue weighted by atomic mass is 16.5. The molecule has 6 rings (SSSR count). The van der Waals surface area contributed by atoms with Crippen LogP contribution in [0.3, 0.4) is 0 Å². The Labute approximate surface area is 214 Å². The average Bonchev–Trinajstić information content (AvgIpc) is 3.32. The highest BCUT2D eigenvalue weighted by Gasteiger charge is 2.56. The second kappa shape index (κ2) is 8.96. The largest absolute Gasteiger partial charge is 0.389 e. The minimum absolute atomic E-state index is 0.0747. The third kappa shape index (κ3) is 4.19. The number of hydrogen-bond donors (Lipinski definition) is 1. The maximum atomic E-state index is 10.3. The van der Waals surface area contributed by atoms with Gasteiger partial charge in [-0.1, -0.05) is 36.6 Å². The Bertz CT molecular complexity index is 894. The Kier molecular flexibility index (Phi) is 6.31. The minimum atomic E-state index is -0.203. The standard InChI is InChI=1S/C31H50N2O2/c1-20-14-29-28(33(19-20)13-12-32(4)5)18-31(35-29)11-9-24-25-7-6-22-15-23(34)8-10-30(22,3)27(25)16-26(24)21(2)17-31/h15,20,23-25,27-29,34H,6-14,16-19H2,1-5H3/t20-,23-,24-,25-,27-,28-,29+,30-,31-/m0/s1. The first kappa shape index (κ1) is 24.6. The van der Waals surface area contributed by atoms with E-state index in [4.69, 9.17) is 4.74 Å². The Hall–Kier alpha value is -0.680. The van der Waals surface area contributed by atoms with Gasteiger partial charge in [0.2, 0.25) is 0 Å². The van der Waals surface area contributed by atoms with Gasteiger partial charge in [-0.15, -0.1) is 0 Å². The first-order chi connectivity index (χ1) is 16.7. The molecule has 35 heavy (non-hydrogen) atoms. The zero-order valence-corrected chi connectivity index (χ0v) is 23.1. The smallest absolute Gasteiger partial charge is 0.0742 e. The van der Waals surface area contributed by atoms with E-state index < -0.39 is 0 Å². The van der Waals surface area contributed by atoms with Gasteiger partial charge >= 0.3 is 0 Å². The summed E-state index contributed by atoms with van der Waals surface area (Å²) >= 11 is 0. The molecular weight excluding hydrogens is 432 g/mol. The number of rotatable bonds is 3. The molecule has 4 fully saturated rings. The average molecular weight is 483 g/mol. The van der Waals surface area contributed by atoms with Crippen molar-refractivity contribution in [1.29, 1.82) is 0 Å². The Balaban J connectivity index is 1.23. The lowest BCUT2D eigenvalue weighted by Gasteiger charge is -2.49. The van der Waals surface area contributed by atoms with E-state index in [2.05, 4.69) is 50.7 Å². The van der Waals surface area contributed by atoms with Crippen LogP contribution in [-0.2, 0) is 4.74 Å². The van der Waals surface area contributed by atoms with Gasteiger partial charge < -0.3 is 14.7 Å². The molecular formula is C31H50N2O2. The number of nitrogens with zero attached hydrogens (tertiary/aromatic N) is 2. The second-order valence-corrected chi connectivity index (χ2v) is 14.1. The molecule has 0 aromatic rings. The van der Waals surface area contributed by atoms with Crippen molar-refractivity contribution in [2.45, 2.75) is 109 Å². The third-order valence-corrected chi connectivity index (χ3v) is 11.5. The Morgan fingerprint density at radius 2 is 2.03 bits per heavy atom. The van der Waals surface area contributed by atoms with Crippen molar-refractivity contribution in [3.63, 3.8) is 0 Å². The number of fused-ring (bicyclic) bond motifs is 6. The molecule has 0 aromatic carbocycles. The summed E-state index contributed by atoms with van der Waals surface area (Å²) in [6, 6.07) is 0.615. The molecule has 2 saturated heterocycles. The van der Waals surface area contributed by atoms with E-state index in [1.54, 1.807) is 11.1 Å². The normalized spacial score (nSPS) is 47.9. The summed E-state index contributed by atoms with van der Waals surface area (Å²) in [6.45, 7) is 11.0. The van der Waals surface area contributed by atoms with E-state index >= 15 is 0 Å². The molecule has 9 atom stereocenters. The number of likely N-dealkylation sites (tertiary alicyclic amines) is 1. The third-order valence-electron chi connectivity index (χ3n) is 11.5. The lowest BCUT2D eigenvalue weighted by Crippen LogP contribution is -2.50. The summed E-state index contributed by atoms with van der Waals surface area (Å²) in [7, 11) is 4.40. The molecule has 0 radical (unpaired) electrons. The molecule has 4 aliphatic carbocycles. The van der Waals surface area contributed by atoms with E-state index in [0.717, 1.165) is 36.6 Å². The fraction of sp³-hybridized carbons (Fsp3) is 0.871. The highest BCUT2D eigenvalue weighted by molar-refractivity contribution is 5.33. The van der Waals surface area contributed by atoms with Crippen LogP contribution in [0.15, 0.2) is 22.8 Å². The molecule has 0 bridgehead atoms. The first-order valence-electron chi connectivity index (χ1n) is 14.8. The SMILES string of the molecule is CC1=C2C[C@H]3[C@@H](CCC4=C[C@@H](O)CC[C@@]43C)[C@@H]2CC[C@]2(C1)C[C@H]1[C@@H](C[C@H](C)CN1CCN(C)C)O2. The summed E-state index contributed by atoms with van der Waals surface area (Å²) < 4.78 is 7.14. The molecule has 196 valence electrons. The molecule has 1 spiro atoms. The quantitative estimate of drug-likeness (QED) is 0.545. The number of likely N-dealkylation sites (N-methyl/N-ethyl adjacent to an activating group) is 1. The van der Waals surface area contributed by atoms with Crippen molar-refractivity contribution < 1.29 is 9.84 Å². The second-order valence-electron chi connectivity index (χ2n) is 14.1. The van der Waals surface area contributed by atoms with Gasteiger partial charge in [0.05, 0.1) is 17.8 Å². The van der Waals surface area contributed by atoms with Crippen molar-refractivity contribution in [1.82, 2.24) is 9.80 Å². The van der Waals surface area contributed by atoms with E-state index in [1.807, 2.05) is 5.57 Å².